The highest BCUT2D eigenvalue weighted by Gasteiger charge is 2.08. The van der Waals surface area contributed by atoms with Gasteiger partial charge in [0.15, 0.2) is 0 Å². The maximum absolute atomic E-state index is 12.1. The van der Waals surface area contributed by atoms with Crippen molar-refractivity contribution in [2.45, 2.75) is 239 Å². The maximum atomic E-state index is 12.1. The van der Waals surface area contributed by atoms with E-state index in [1.807, 2.05) is 0 Å². The summed E-state index contributed by atoms with van der Waals surface area (Å²) in [5.41, 5.74) is 0. The van der Waals surface area contributed by atoms with Gasteiger partial charge >= 0.3 is 11.9 Å². The predicted octanol–water partition coefficient (Wildman–Crippen LogP) is 14.0. The average Bonchev–Trinajstić information content (AvgIpc) is 3.04. The highest BCUT2D eigenvalue weighted by molar-refractivity contribution is 5.69. The molecule has 274 valence electrons. The van der Waals surface area contributed by atoms with Gasteiger partial charge in [-0.1, -0.05) is 201 Å². The van der Waals surface area contributed by atoms with Crippen LogP contribution in [-0.2, 0) is 19.1 Å². The van der Waals surface area contributed by atoms with E-state index in [9.17, 15) is 9.59 Å². The summed E-state index contributed by atoms with van der Waals surface area (Å²) in [5, 5.41) is 0. The van der Waals surface area contributed by atoms with E-state index in [0.717, 1.165) is 38.5 Å². The quantitative estimate of drug-likeness (QED) is 0.0493. The molecule has 0 rings (SSSR count). The molecular weight excluding hydrogens is 568 g/mol. The Bertz CT molecular complexity index is 567. The van der Waals surface area contributed by atoms with Crippen molar-refractivity contribution in [2.75, 3.05) is 13.2 Å². The van der Waals surface area contributed by atoms with Gasteiger partial charge in [0.2, 0.25) is 0 Å². The van der Waals surface area contributed by atoms with Crippen LogP contribution in [0.3, 0.4) is 0 Å². The molecule has 0 aliphatic carbocycles. The van der Waals surface area contributed by atoms with Gasteiger partial charge in [-0.2, -0.15) is 0 Å². The lowest BCUT2D eigenvalue weighted by Crippen LogP contribution is -2.11. The predicted molar refractivity (Wildman–Crippen MR) is 199 cm³/mol. The summed E-state index contributed by atoms with van der Waals surface area (Å²) in [6.07, 6.45) is 42.7. The summed E-state index contributed by atoms with van der Waals surface area (Å²) < 4.78 is 10.9. The van der Waals surface area contributed by atoms with E-state index in [0.29, 0.717) is 32.0 Å². The molecule has 4 heteroatoms. The number of esters is 2. The molecule has 0 saturated carbocycles. The van der Waals surface area contributed by atoms with E-state index < -0.39 is 0 Å². The molecule has 0 aromatic heterocycles. The monoisotopic (exact) mass is 651 g/mol. The van der Waals surface area contributed by atoms with Crippen LogP contribution in [0.25, 0.3) is 0 Å². The summed E-state index contributed by atoms with van der Waals surface area (Å²) in [4.78, 5) is 24.1. The van der Waals surface area contributed by atoms with Gasteiger partial charge in [0.05, 0.1) is 13.2 Å². The summed E-state index contributed by atoms with van der Waals surface area (Å²) in [6.45, 7) is 7.66. The first-order valence-electron chi connectivity index (χ1n) is 20.9. The minimum Gasteiger partial charge on any atom is -0.466 e. The van der Waals surface area contributed by atoms with Gasteiger partial charge in [0.1, 0.15) is 0 Å². The second-order valence-electron chi connectivity index (χ2n) is 14.5. The van der Waals surface area contributed by atoms with Crippen LogP contribution in [0.4, 0.5) is 0 Å². The third kappa shape index (κ3) is 37.4. The fraction of sp³-hybridized carbons (Fsp3) is 0.952. The van der Waals surface area contributed by atoms with E-state index in [4.69, 9.17) is 9.47 Å². The van der Waals surface area contributed by atoms with Crippen molar-refractivity contribution in [3.8, 4) is 0 Å². The van der Waals surface area contributed by atoms with E-state index in [-0.39, 0.29) is 11.9 Å². The normalized spacial score (nSPS) is 11.4. The molecule has 0 aliphatic rings. The number of carbonyl (C=O) groups is 2. The number of unbranched alkanes of at least 4 members (excludes halogenated alkanes) is 28. The molecule has 0 unspecified atom stereocenters. The lowest BCUT2D eigenvalue weighted by atomic mass is 10.0. The minimum atomic E-state index is -0.0585. The molecule has 0 aromatic rings. The molecule has 0 fully saturated rings. The molecule has 0 radical (unpaired) electrons. The fourth-order valence-electron chi connectivity index (χ4n) is 6.32. The molecule has 0 bridgehead atoms. The molecule has 46 heavy (non-hydrogen) atoms. The Morgan fingerprint density at radius 2 is 0.587 bits per heavy atom. The Kier molecular flexibility index (Phi) is 37.5. The lowest BCUT2D eigenvalue weighted by molar-refractivity contribution is -0.144. The molecule has 0 saturated heterocycles. The van der Waals surface area contributed by atoms with Gasteiger partial charge in [-0.05, 0) is 31.6 Å². The zero-order valence-electron chi connectivity index (χ0n) is 31.7. The average molecular weight is 651 g/mol. The van der Waals surface area contributed by atoms with Gasteiger partial charge in [0, 0.05) is 12.8 Å². The molecule has 0 amide bonds. The van der Waals surface area contributed by atoms with Crippen LogP contribution < -0.4 is 0 Å². The molecule has 0 aliphatic heterocycles. The molecule has 4 nitrogen and oxygen atoms in total. The van der Waals surface area contributed by atoms with Crippen molar-refractivity contribution in [3.05, 3.63) is 0 Å². The van der Waals surface area contributed by atoms with Gasteiger partial charge in [0.25, 0.3) is 0 Å². The SMILES string of the molecule is CCCCCCCCCCCCCCCCCC(=O)OCCC(C)CCOC(=O)CCCCCCCCCCCCCCCCC. The molecule has 0 aromatic carbocycles. The second-order valence-corrected chi connectivity index (χ2v) is 14.5. The van der Waals surface area contributed by atoms with Crippen molar-refractivity contribution in [3.63, 3.8) is 0 Å². The number of rotatable bonds is 38. The third-order valence-corrected chi connectivity index (χ3v) is 9.72. The van der Waals surface area contributed by atoms with Gasteiger partial charge < -0.3 is 9.47 Å². The molecular formula is C42H82O4. The largest absolute Gasteiger partial charge is 0.466 e. The van der Waals surface area contributed by atoms with Crippen molar-refractivity contribution in [2.24, 2.45) is 5.92 Å². The summed E-state index contributed by atoms with van der Waals surface area (Å²) in [7, 11) is 0. The molecule has 0 heterocycles. The van der Waals surface area contributed by atoms with Crippen LogP contribution in [0, 0.1) is 5.92 Å². The standard InChI is InChI=1S/C42H82O4/c1-4-6-8-10-12-14-16-18-20-22-24-26-28-30-32-34-41(43)45-38-36-40(3)37-39-46-42(44)35-33-31-29-27-25-23-21-19-17-15-13-11-9-7-5-2/h40H,4-39H2,1-3H3. The van der Waals surface area contributed by atoms with Crippen LogP contribution in [0.5, 0.6) is 0 Å². The van der Waals surface area contributed by atoms with E-state index in [2.05, 4.69) is 20.8 Å². The van der Waals surface area contributed by atoms with Crippen molar-refractivity contribution in [1.82, 2.24) is 0 Å². The van der Waals surface area contributed by atoms with E-state index >= 15 is 0 Å². The van der Waals surface area contributed by atoms with E-state index in [1.54, 1.807) is 0 Å². The number of hydrogen-bond acceptors (Lipinski definition) is 4. The summed E-state index contributed by atoms with van der Waals surface area (Å²) >= 11 is 0. The topological polar surface area (TPSA) is 52.6 Å². The number of hydrogen-bond donors (Lipinski definition) is 0. The lowest BCUT2D eigenvalue weighted by Gasteiger charge is -2.12. The highest BCUT2D eigenvalue weighted by Crippen LogP contribution is 2.16. The summed E-state index contributed by atoms with van der Waals surface area (Å²) in [6, 6.07) is 0. The Balaban J connectivity index is 3.36. The molecule has 0 atom stereocenters. The van der Waals surface area contributed by atoms with Gasteiger partial charge in [-0.3, -0.25) is 9.59 Å². The minimum absolute atomic E-state index is 0.0585. The first-order valence-corrected chi connectivity index (χ1v) is 20.9. The van der Waals surface area contributed by atoms with Crippen molar-refractivity contribution in [1.29, 1.82) is 0 Å². The second kappa shape index (κ2) is 38.4. The van der Waals surface area contributed by atoms with Crippen molar-refractivity contribution < 1.29 is 19.1 Å². The van der Waals surface area contributed by atoms with Gasteiger partial charge in [-0.15, -0.1) is 0 Å². The van der Waals surface area contributed by atoms with Gasteiger partial charge in [-0.25, -0.2) is 0 Å². The Hall–Kier alpha value is -1.06. The summed E-state index contributed by atoms with van der Waals surface area (Å²) in [5.74, 6) is 0.269. The fourth-order valence-corrected chi connectivity index (χ4v) is 6.32. The Labute approximate surface area is 288 Å². The number of ether oxygens (including phenoxy) is 2. The zero-order valence-corrected chi connectivity index (χ0v) is 31.7. The zero-order chi connectivity index (χ0) is 33.6. The van der Waals surface area contributed by atoms with Crippen LogP contribution in [0.15, 0.2) is 0 Å². The third-order valence-electron chi connectivity index (χ3n) is 9.72. The van der Waals surface area contributed by atoms with Crippen LogP contribution in [0.2, 0.25) is 0 Å². The van der Waals surface area contributed by atoms with E-state index in [1.165, 1.54) is 167 Å². The van der Waals surface area contributed by atoms with Crippen LogP contribution in [0.1, 0.15) is 239 Å². The Morgan fingerprint density at radius 1 is 0.370 bits per heavy atom. The van der Waals surface area contributed by atoms with Crippen LogP contribution >= 0.6 is 0 Å². The van der Waals surface area contributed by atoms with Crippen molar-refractivity contribution >= 4 is 11.9 Å². The molecule has 0 N–H and O–H groups in total. The first kappa shape index (κ1) is 44.9. The molecule has 0 spiro atoms. The van der Waals surface area contributed by atoms with Crippen LogP contribution in [-0.4, -0.2) is 25.2 Å². The Morgan fingerprint density at radius 3 is 0.826 bits per heavy atom. The number of carbonyl (C=O) groups excluding carboxylic acids is 2. The first-order chi connectivity index (χ1) is 22.6. The highest BCUT2D eigenvalue weighted by atomic mass is 16.5. The maximum Gasteiger partial charge on any atom is 0.305 e. The smallest absolute Gasteiger partial charge is 0.305 e.